The molecule has 1 heterocycles. The van der Waals surface area contributed by atoms with Gasteiger partial charge in [-0.1, -0.05) is 6.07 Å². The number of benzene rings is 1. The Morgan fingerprint density at radius 1 is 1.52 bits per heavy atom. The number of carbonyl (C=O) groups excluding carboxylic acids is 1. The first kappa shape index (κ1) is 15.0. The number of nitrogens with two attached hydrogens (primary N) is 1. The van der Waals surface area contributed by atoms with Gasteiger partial charge < -0.3 is 16.2 Å². The third-order valence-corrected chi connectivity index (χ3v) is 3.45. The van der Waals surface area contributed by atoms with E-state index < -0.39 is 11.5 Å². The molecule has 4 N–H and O–H groups in total. The molecular weight excluding hydrogens is 272 g/mol. The van der Waals surface area contributed by atoms with Gasteiger partial charge in [-0.3, -0.25) is 14.5 Å². The van der Waals surface area contributed by atoms with Gasteiger partial charge in [0.1, 0.15) is 5.54 Å². The summed E-state index contributed by atoms with van der Waals surface area (Å²) in [6.45, 7) is 0.686. The number of likely N-dealkylation sites (tertiary alicyclic amines) is 1. The first-order valence-corrected chi connectivity index (χ1v) is 6.47. The van der Waals surface area contributed by atoms with Crippen LogP contribution >= 0.6 is 0 Å². The lowest BCUT2D eigenvalue weighted by molar-refractivity contribution is -0.143. The van der Waals surface area contributed by atoms with Crippen molar-refractivity contribution in [1.82, 2.24) is 4.90 Å². The molecule has 0 bridgehead atoms. The van der Waals surface area contributed by atoms with Crippen LogP contribution in [0.5, 0.6) is 0 Å². The number of hydrogen-bond acceptors (Lipinski definition) is 5. The Bertz CT molecular complexity index is 610. The van der Waals surface area contributed by atoms with Crippen LogP contribution in [0.4, 0.5) is 5.69 Å². The van der Waals surface area contributed by atoms with Crippen molar-refractivity contribution >= 4 is 17.6 Å². The van der Waals surface area contributed by atoms with Gasteiger partial charge in [0.25, 0.3) is 0 Å². The number of amides is 1. The van der Waals surface area contributed by atoms with Crippen molar-refractivity contribution < 1.29 is 14.7 Å². The molecule has 0 aliphatic carbocycles. The molecule has 0 spiro atoms. The summed E-state index contributed by atoms with van der Waals surface area (Å²) in [5.74, 6) is -1.31. The molecule has 21 heavy (non-hydrogen) atoms. The molecule has 2 rings (SSSR count). The van der Waals surface area contributed by atoms with Gasteiger partial charge in [0.15, 0.2) is 0 Å². The summed E-state index contributed by atoms with van der Waals surface area (Å²) in [6.07, 6.45) is 0.319. The predicted molar refractivity (Wildman–Crippen MR) is 75.4 cm³/mol. The van der Waals surface area contributed by atoms with Crippen LogP contribution in [0.25, 0.3) is 0 Å². The van der Waals surface area contributed by atoms with Gasteiger partial charge in [-0.25, -0.2) is 0 Å². The van der Waals surface area contributed by atoms with Crippen molar-refractivity contribution in [3.05, 3.63) is 29.8 Å². The van der Waals surface area contributed by atoms with Gasteiger partial charge in [-0.2, -0.15) is 5.26 Å². The first-order valence-electron chi connectivity index (χ1n) is 6.47. The van der Waals surface area contributed by atoms with Crippen LogP contribution in [0.2, 0.25) is 0 Å². The Morgan fingerprint density at radius 2 is 2.29 bits per heavy atom. The fourth-order valence-electron chi connectivity index (χ4n) is 2.29. The quantitative estimate of drug-likeness (QED) is 0.716. The van der Waals surface area contributed by atoms with Gasteiger partial charge in [-0.05, 0) is 24.6 Å². The molecule has 0 radical (unpaired) electrons. The summed E-state index contributed by atoms with van der Waals surface area (Å²) in [7, 11) is 0. The molecule has 1 atom stereocenters. The van der Waals surface area contributed by atoms with Gasteiger partial charge in [0.05, 0.1) is 18.2 Å². The topological polar surface area (TPSA) is 119 Å². The number of anilines is 1. The lowest BCUT2D eigenvalue weighted by atomic mass is 10.0. The molecule has 1 aromatic rings. The zero-order valence-electron chi connectivity index (χ0n) is 11.4. The molecule has 0 aromatic heterocycles. The van der Waals surface area contributed by atoms with Crippen LogP contribution < -0.4 is 11.1 Å². The summed E-state index contributed by atoms with van der Waals surface area (Å²) in [6, 6.07) is 8.58. The second-order valence-corrected chi connectivity index (χ2v) is 5.16. The average molecular weight is 288 g/mol. The molecule has 1 amide bonds. The van der Waals surface area contributed by atoms with Crippen molar-refractivity contribution in [2.24, 2.45) is 5.73 Å². The summed E-state index contributed by atoms with van der Waals surface area (Å²) >= 11 is 0. The Hall–Kier alpha value is -2.43. The highest BCUT2D eigenvalue weighted by Gasteiger charge is 2.41. The molecule has 0 saturated carbocycles. The largest absolute Gasteiger partial charge is 0.480 e. The Balaban J connectivity index is 1.91. The molecule has 7 heteroatoms. The van der Waals surface area contributed by atoms with Gasteiger partial charge in [0, 0.05) is 18.8 Å². The second kappa shape index (κ2) is 5.91. The number of nitrogens with zero attached hydrogens (tertiary/aromatic N) is 2. The van der Waals surface area contributed by atoms with Crippen LogP contribution in [0, 0.1) is 11.3 Å². The van der Waals surface area contributed by atoms with E-state index in [2.05, 4.69) is 5.32 Å². The third kappa shape index (κ3) is 3.56. The Kier molecular flexibility index (Phi) is 4.21. The van der Waals surface area contributed by atoms with E-state index in [1.165, 1.54) is 0 Å². The first-order chi connectivity index (χ1) is 9.93. The van der Waals surface area contributed by atoms with Gasteiger partial charge in [-0.15, -0.1) is 0 Å². The molecule has 1 aromatic carbocycles. The smallest absolute Gasteiger partial charge is 0.325 e. The van der Waals surface area contributed by atoms with E-state index in [9.17, 15) is 9.59 Å². The number of aliphatic carboxylic acids is 1. The molecule has 7 nitrogen and oxygen atoms in total. The Morgan fingerprint density at radius 3 is 2.90 bits per heavy atom. The molecule has 1 saturated heterocycles. The monoisotopic (exact) mass is 288 g/mol. The maximum absolute atomic E-state index is 11.9. The van der Waals surface area contributed by atoms with Crippen molar-refractivity contribution in [1.29, 1.82) is 5.26 Å². The lowest BCUT2D eigenvalue weighted by Gasteiger charge is -2.19. The highest BCUT2D eigenvalue weighted by atomic mass is 16.4. The maximum Gasteiger partial charge on any atom is 0.325 e. The van der Waals surface area contributed by atoms with Crippen LogP contribution in [-0.4, -0.2) is 47.1 Å². The lowest BCUT2D eigenvalue weighted by Crippen LogP contribution is -2.50. The van der Waals surface area contributed by atoms with E-state index in [-0.39, 0.29) is 19.0 Å². The fraction of sp³-hybridized carbons (Fsp3) is 0.357. The second-order valence-electron chi connectivity index (χ2n) is 5.16. The number of carbonyl (C=O) groups is 2. The van der Waals surface area contributed by atoms with E-state index in [1.807, 2.05) is 6.07 Å². The van der Waals surface area contributed by atoms with Crippen LogP contribution in [0.3, 0.4) is 0 Å². The van der Waals surface area contributed by atoms with E-state index in [1.54, 1.807) is 29.2 Å². The summed E-state index contributed by atoms with van der Waals surface area (Å²) in [5.41, 5.74) is 5.47. The molecule has 1 aliphatic heterocycles. The van der Waals surface area contributed by atoms with Crippen LogP contribution in [0.15, 0.2) is 24.3 Å². The summed E-state index contributed by atoms with van der Waals surface area (Å²) in [4.78, 5) is 24.7. The molecular formula is C14H16N4O3. The normalized spacial score (nSPS) is 21.7. The van der Waals surface area contributed by atoms with Crippen molar-refractivity contribution in [2.75, 3.05) is 25.0 Å². The maximum atomic E-state index is 11.9. The molecule has 1 unspecified atom stereocenters. The number of nitrogens with one attached hydrogen (secondary N) is 1. The van der Waals surface area contributed by atoms with E-state index in [0.717, 1.165) is 0 Å². The van der Waals surface area contributed by atoms with E-state index >= 15 is 0 Å². The number of rotatable bonds is 4. The summed E-state index contributed by atoms with van der Waals surface area (Å²) in [5, 5.41) is 20.5. The average Bonchev–Trinajstić information content (AvgIpc) is 2.81. The molecule has 1 fully saturated rings. The minimum Gasteiger partial charge on any atom is -0.480 e. The fourth-order valence-corrected chi connectivity index (χ4v) is 2.29. The predicted octanol–water partition coefficient (Wildman–Crippen LogP) is -0.0154. The van der Waals surface area contributed by atoms with Crippen molar-refractivity contribution in [3.63, 3.8) is 0 Å². The third-order valence-electron chi connectivity index (χ3n) is 3.45. The van der Waals surface area contributed by atoms with Crippen LogP contribution in [0.1, 0.15) is 12.0 Å². The number of hydrogen-bond donors (Lipinski definition) is 3. The number of nitriles is 1. The minimum absolute atomic E-state index is 0.0724. The number of carboxylic acid groups (broad SMARTS) is 1. The SMILES string of the molecule is N#Cc1cccc(NC(=O)CN2CCC(N)(C(=O)O)C2)c1. The summed E-state index contributed by atoms with van der Waals surface area (Å²) < 4.78 is 0. The molecule has 1 aliphatic rings. The highest BCUT2D eigenvalue weighted by molar-refractivity contribution is 5.92. The number of carboxylic acids is 1. The standard InChI is InChI=1S/C14H16N4O3/c15-7-10-2-1-3-11(6-10)17-12(19)8-18-5-4-14(16,9-18)13(20)21/h1-3,6H,4-5,8-9,16H2,(H,17,19)(H,20,21). The Labute approximate surface area is 122 Å². The van der Waals surface area contributed by atoms with E-state index in [4.69, 9.17) is 16.1 Å². The molecule has 110 valence electrons. The van der Waals surface area contributed by atoms with E-state index in [0.29, 0.717) is 24.2 Å². The highest BCUT2D eigenvalue weighted by Crippen LogP contribution is 2.19. The minimum atomic E-state index is -1.28. The van der Waals surface area contributed by atoms with Crippen molar-refractivity contribution in [2.45, 2.75) is 12.0 Å². The zero-order chi connectivity index (χ0) is 15.5. The van der Waals surface area contributed by atoms with Gasteiger partial charge in [0.2, 0.25) is 5.91 Å². The van der Waals surface area contributed by atoms with Crippen LogP contribution in [-0.2, 0) is 9.59 Å². The zero-order valence-corrected chi connectivity index (χ0v) is 11.4. The van der Waals surface area contributed by atoms with Gasteiger partial charge >= 0.3 is 5.97 Å². The van der Waals surface area contributed by atoms with Crippen molar-refractivity contribution in [3.8, 4) is 6.07 Å².